The van der Waals surface area contributed by atoms with Crippen LogP contribution in [0.25, 0.3) is 0 Å². The lowest BCUT2D eigenvalue weighted by Crippen LogP contribution is -2.55. The van der Waals surface area contributed by atoms with Gasteiger partial charge in [-0.3, -0.25) is 9.69 Å². The Labute approximate surface area is 169 Å². The van der Waals surface area contributed by atoms with Gasteiger partial charge in [0.05, 0.1) is 10.9 Å². The van der Waals surface area contributed by atoms with E-state index in [1.54, 1.807) is 11.3 Å². The van der Waals surface area contributed by atoms with Gasteiger partial charge in [0.1, 0.15) is 5.82 Å². The smallest absolute Gasteiger partial charge is 0.243 e. The topological polar surface area (TPSA) is 69.7 Å². The van der Waals surface area contributed by atoms with Crippen LogP contribution in [0.15, 0.2) is 46.7 Å². The van der Waals surface area contributed by atoms with E-state index in [4.69, 9.17) is 0 Å². The third-order valence-electron chi connectivity index (χ3n) is 4.88. The second-order valence-corrected chi connectivity index (χ2v) is 9.66. The Morgan fingerprint density at radius 3 is 2.61 bits per heavy atom. The predicted molar refractivity (Wildman–Crippen MR) is 107 cm³/mol. The summed E-state index contributed by atoms with van der Waals surface area (Å²) in [5.41, 5.74) is 0. The molecule has 2 heterocycles. The summed E-state index contributed by atoms with van der Waals surface area (Å²) in [6.07, 6.45) is 0.801. The molecule has 0 saturated carbocycles. The van der Waals surface area contributed by atoms with Crippen LogP contribution in [0.1, 0.15) is 11.8 Å². The fourth-order valence-corrected chi connectivity index (χ4v) is 5.35. The molecular weight excluding hydrogens is 401 g/mol. The first-order valence-electron chi connectivity index (χ1n) is 9.18. The summed E-state index contributed by atoms with van der Waals surface area (Å²) in [4.78, 5) is 15.5. The van der Waals surface area contributed by atoms with Gasteiger partial charge in [-0.05, 0) is 43.0 Å². The number of rotatable bonds is 7. The van der Waals surface area contributed by atoms with E-state index in [-0.39, 0.29) is 29.9 Å². The van der Waals surface area contributed by atoms with Crippen molar-refractivity contribution in [3.8, 4) is 0 Å². The number of carbonyl (C=O) groups excluding carboxylic acids is 1. The summed E-state index contributed by atoms with van der Waals surface area (Å²) in [5.74, 6) is -0.634. The van der Waals surface area contributed by atoms with Crippen molar-refractivity contribution >= 4 is 27.3 Å². The molecule has 0 bridgehead atoms. The van der Waals surface area contributed by atoms with Gasteiger partial charge < -0.3 is 5.32 Å². The SMILES string of the molecule is CC(C(=O)NCCc1cccs1)N1CCN(S(=O)(=O)c2cccc(F)c2)CC1. The zero-order chi connectivity index (χ0) is 20.1. The van der Waals surface area contributed by atoms with Crippen molar-refractivity contribution in [2.24, 2.45) is 0 Å². The van der Waals surface area contributed by atoms with E-state index in [0.29, 0.717) is 19.6 Å². The Kier molecular flexibility index (Phi) is 6.82. The molecule has 6 nitrogen and oxygen atoms in total. The number of hydrogen-bond acceptors (Lipinski definition) is 5. The molecule has 2 aromatic rings. The van der Waals surface area contributed by atoms with Gasteiger partial charge >= 0.3 is 0 Å². The van der Waals surface area contributed by atoms with Crippen molar-refractivity contribution < 1.29 is 17.6 Å². The Morgan fingerprint density at radius 2 is 1.96 bits per heavy atom. The van der Waals surface area contributed by atoms with Gasteiger partial charge in [0, 0.05) is 37.6 Å². The Morgan fingerprint density at radius 1 is 1.21 bits per heavy atom. The van der Waals surface area contributed by atoms with Crippen molar-refractivity contribution in [3.05, 3.63) is 52.5 Å². The van der Waals surface area contributed by atoms with Crippen LogP contribution in [0.4, 0.5) is 4.39 Å². The molecule has 1 fully saturated rings. The molecule has 3 rings (SSSR count). The minimum absolute atomic E-state index is 0.0414. The van der Waals surface area contributed by atoms with E-state index in [1.165, 1.54) is 27.4 Å². The molecule has 1 saturated heterocycles. The quantitative estimate of drug-likeness (QED) is 0.736. The number of hydrogen-bond donors (Lipinski definition) is 1. The van der Waals surface area contributed by atoms with Crippen molar-refractivity contribution in [2.75, 3.05) is 32.7 Å². The number of thiophene rings is 1. The lowest BCUT2D eigenvalue weighted by molar-refractivity contribution is -0.126. The molecule has 0 aliphatic carbocycles. The number of benzene rings is 1. The number of piperazine rings is 1. The lowest BCUT2D eigenvalue weighted by atomic mass is 10.2. The van der Waals surface area contributed by atoms with E-state index in [1.807, 2.05) is 29.3 Å². The monoisotopic (exact) mass is 425 g/mol. The van der Waals surface area contributed by atoms with Crippen LogP contribution in [0.2, 0.25) is 0 Å². The maximum absolute atomic E-state index is 13.4. The van der Waals surface area contributed by atoms with Crippen LogP contribution in [-0.2, 0) is 21.2 Å². The molecule has 1 aromatic carbocycles. The molecule has 9 heteroatoms. The molecule has 152 valence electrons. The molecular formula is C19H24FN3O3S2. The number of amides is 1. The minimum atomic E-state index is -3.73. The molecule has 1 amide bonds. The fraction of sp³-hybridized carbons (Fsp3) is 0.421. The molecule has 1 N–H and O–H groups in total. The maximum atomic E-state index is 13.4. The van der Waals surface area contributed by atoms with Gasteiger partial charge in [-0.1, -0.05) is 12.1 Å². The highest BCUT2D eigenvalue weighted by Gasteiger charge is 2.31. The molecule has 0 radical (unpaired) electrons. The minimum Gasteiger partial charge on any atom is -0.354 e. The third kappa shape index (κ3) is 4.96. The second-order valence-electron chi connectivity index (χ2n) is 6.69. The maximum Gasteiger partial charge on any atom is 0.243 e. The van der Waals surface area contributed by atoms with E-state index in [2.05, 4.69) is 5.32 Å². The van der Waals surface area contributed by atoms with Crippen molar-refractivity contribution in [1.29, 1.82) is 0 Å². The van der Waals surface area contributed by atoms with Crippen LogP contribution in [-0.4, -0.2) is 62.3 Å². The first-order valence-corrected chi connectivity index (χ1v) is 11.5. The lowest BCUT2D eigenvalue weighted by Gasteiger charge is -2.36. The number of nitrogens with zero attached hydrogens (tertiary/aromatic N) is 2. The van der Waals surface area contributed by atoms with Crippen molar-refractivity contribution in [3.63, 3.8) is 0 Å². The normalized spacial score (nSPS) is 17.4. The highest BCUT2D eigenvalue weighted by molar-refractivity contribution is 7.89. The summed E-state index contributed by atoms with van der Waals surface area (Å²) in [6.45, 7) is 3.86. The van der Waals surface area contributed by atoms with E-state index in [9.17, 15) is 17.6 Å². The van der Waals surface area contributed by atoms with Crippen LogP contribution >= 0.6 is 11.3 Å². The summed E-state index contributed by atoms with van der Waals surface area (Å²) in [7, 11) is -3.73. The predicted octanol–water partition coefficient (Wildman–Crippen LogP) is 1.94. The molecule has 1 aliphatic rings. The molecule has 28 heavy (non-hydrogen) atoms. The van der Waals surface area contributed by atoms with E-state index in [0.717, 1.165) is 12.5 Å². The summed E-state index contributed by atoms with van der Waals surface area (Å²) in [5, 5.41) is 4.96. The van der Waals surface area contributed by atoms with Gasteiger partial charge in [-0.25, -0.2) is 12.8 Å². The van der Waals surface area contributed by atoms with Crippen molar-refractivity contribution in [1.82, 2.24) is 14.5 Å². The molecule has 1 aliphatic heterocycles. The largest absolute Gasteiger partial charge is 0.354 e. The number of carbonyl (C=O) groups is 1. The van der Waals surface area contributed by atoms with E-state index < -0.39 is 15.8 Å². The first kappa shape index (κ1) is 20.9. The Balaban J connectivity index is 1.50. The number of nitrogens with one attached hydrogen (secondary N) is 1. The molecule has 1 aromatic heterocycles. The van der Waals surface area contributed by atoms with Crippen LogP contribution in [0, 0.1) is 5.82 Å². The molecule has 1 atom stereocenters. The molecule has 1 unspecified atom stereocenters. The fourth-order valence-electron chi connectivity index (χ4n) is 3.19. The van der Waals surface area contributed by atoms with Gasteiger partial charge in [0.25, 0.3) is 0 Å². The number of sulfonamides is 1. The zero-order valence-corrected chi connectivity index (χ0v) is 17.3. The van der Waals surface area contributed by atoms with Crippen LogP contribution in [0.5, 0.6) is 0 Å². The summed E-state index contributed by atoms with van der Waals surface area (Å²) in [6, 6.07) is 8.74. The van der Waals surface area contributed by atoms with E-state index >= 15 is 0 Å². The average Bonchev–Trinajstić information content (AvgIpc) is 3.21. The zero-order valence-electron chi connectivity index (χ0n) is 15.7. The Hall–Kier alpha value is -1.81. The Bertz CT molecular complexity index is 895. The van der Waals surface area contributed by atoms with Gasteiger partial charge in [0.15, 0.2) is 0 Å². The summed E-state index contributed by atoms with van der Waals surface area (Å²) >= 11 is 1.66. The third-order valence-corrected chi connectivity index (χ3v) is 7.72. The van der Waals surface area contributed by atoms with Crippen LogP contribution < -0.4 is 5.32 Å². The first-order chi connectivity index (χ1) is 13.4. The average molecular weight is 426 g/mol. The standard InChI is InChI=1S/C19H24FN3O3S2/c1-15(19(24)21-8-7-17-5-3-13-27-17)22-9-11-23(12-10-22)28(25,26)18-6-2-4-16(20)14-18/h2-6,13-15H,7-12H2,1H3,(H,21,24). The van der Waals surface area contributed by atoms with Gasteiger partial charge in [-0.2, -0.15) is 4.31 Å². The highest BCUT2D eigenvalue weighted by atomic mass is 32.2. The van der Waals surface area contributed by atoms with Gasteiger partial charge in [0.2, 0.25) is 15.9 Å². The van der Waals surface area contributed by atoms with Gasteiger partial charge in [-0.15, -0.1) is 11.3 Å². The highest BCUT2D eigenvalue weighted by Crippen LogP contribution is 2.19. The second kappa shape index (κ2) is 9.13. The molecule has 0 spiro atoms. The summed E-state index contributed by atoms with van der Waals surface area (Å²) < 4.78 is 40.1. The number of halogens is 1. The van der Waals surface area contributed by atoms with Crippen LogP contribution in [0.3, 0.4) is 0 Å². The van der Waals surface area contributed by atoms with Crippen molar-refractivity contribution in [2.45, 2.75) is 24.3 Å².